The van der Waals surface area contributed by atoms with Gasteiger partial charge in [-0.2, -0.15) is 0 Å². The minimum absolute atomic E-state index is 0.172. The highest BCUT2D eigenvalue weighted by Gasteiger charge is 2.22. The summed E-state index contributed by atoms with van der Waals surface area (Å²) < 4.78 is 11.5. The Balaban J connectivity index is 1.55. The number of ketones is 1. The van der Waals surface area contributed by atoms with Crippen molar-refractivity contribution in [2.75, 3.05) is 6.61 Å². The molecule has 29 heavy (non-hydrogen) atoms. The van der Waals surface area contributed by atoms with Gasteiger partial charge in [-0.1, -0.05) is 30.3 Å². The van der Waals surface area contributed by atoms with Crippen molar-refractivity contribution in [2.45, 2.75) is 26.7 Å². The van der Waals surface area contributed by atoms with Gasteiger partial charge in [0.1, 0.15) is 23.2 Å². The number of rotatable bonds is 9. The molecule has 0 fully saturated rings. The monoisotopic (exact) mass is 393 g/mol. The first-order valence-corrected chi connectivity index (χ1v) is 9.40. The molecule has 0 aliphatic carbocycles. The van der Waals surface area contributed by atoms with Crippen molar-refractivity contribution in [3.8, 4) is 17.2 Å². The molecule has 1 heterocycles. The molecule has 0 radical (unpaired) electrons. The Labute approximate surface area is 169 Å². The van der Waals surface area contributed by atoms with Gasteiger partial charge in [0, 0.05) is 12.0 Å². The van der Waals surface area contributed by atoms with Gasteiger partial charge >= 0.3 is 5.97 Å². The van der Waals surface area contributed by atoms with Crippen LogP contribution in [0.4, 0.5) is 0 Å². The zero-order valence-electron chi connectivity index (χ0n) is 16.4. The average Bonchev–Trinajstić information content (AvgIpc) is 3.08. The molecule has 1 aromatic heterocycles. The standard InChI is InChI=1S/C23H23NO5/c1-15(25)20(23(26)27)14-17-8-10-19(11-9-17)28-13-12-21-16(2)29-22(24-21)18-6-4-3-5-7-18/h3-11,20H,12-14H2,1-2H3,(H,26,27). The topological polar surface area (TPSA) is 89.6 Å². The van der Waals surface area contributed by atoms with E-state index in [1.165, 1.54) is 6.92 Å². The largest absolute Gasteiger partial charge is 0.493 e. The SMILES string of the molecule is CC(=O)C(Cc1ccc(OCCc2nc(-c3ccccc3)oc2C)cc1)C(=O)O. The summed E-state index contributed by atoms with van der Waals surface area (Å²) >= 11 is 0. The molecule has 0 aliphatic heterocycles. The van der Waals surface area contributed by atoms with Crippen molar-refractivity contribution in [1.29, 1.82) is 0 Å². The van der Waals surface area contributed by atoms with Crippen LogP contribution in [0.3, 0.4) is 0 Å². The van der Waals surface area contributed by atoms with E-state index in [4.69, 9.17) is 14.3 Å². The summed E-state index contributed by atoms with van der Waals surface area (Å²) in [6, 6.07) is 16.8. The Hall–Kier alpha value is -3.41. The maximum absolute atomic E-state index is 11.4. The molecular formula is C23H23NO5. The summed E-state index contributed by atoms with van der Waals surface area (Å²) in [5.41, 5.74) is 2.56. The van der Waals surface area contributed by atoms with Crippen LogP contribution in [-0.2, 0) is 22.4 Å². The number of nitrogens with zero attached hydrogens (tertiary/aromatic N) is 1. The maximum Gasteiger partial charge on any atom is 0.314 e. The third-order valence-electron chi connectivity index (χ3n) is 4.67. The average molecular weight is 393 g/mol. The predicted octanol–water partition coefficient (Wildman–Crippen LogP) is 4.10. The van der Waals surface area contributed by atoms with Crippen molar-refractivity contribution in [1.82, 2.24) is 4.98 Å². The van der Waals surface area contributed by atoms with Gasteiger partial charge in [-0.15, -0.1) is 0 Å². The third-order valence-corrected chi connectivity index (χ3v) is 4.67. The molecule has 6 heteroatoms. The smallest absolute Gasteiger partial charge is 0.314 e. The third kappa shape index (κ3) is 5.31. The van der Waals surface area contributed by atoms with E-state index in [1.54, 1.807) is 24.3 Å². The number of oxazole rings is 1. The van der Waals surface area contributed by atoms with Crippen molar-refractivity contribution < 1.29 is 23.8 Å². The number of carbonyl (C=O) groups is 2. The first-order valence-electron chi connectivity index (χ1n) is 9.40. The molecule has 150 valence electrons. The highest BCUT2D eigenvalue weighted by atomic mass is 16.5. The van der Waals surface area contributed by atoms with Gasteiger partial charge in [-0.3, -0.25) is 9.59 Å². The van der Waals surface area contributed by atoms with Gasteiger partial charge in [0.15, 0.2) is 0 Å². The van der Waals surface area contributed by atoms with Gasteiger partial charge in [0.05, 0.1) is 12.3 Å². The second-order valence-corrected chi connectivity index (χ2v) is 6.84. The van der Waals surface area contributed by atoms with Crippen LogP contribution >= 0.6 is 0 Å². The number of hydrogen-bond acceptors (Lipinski definition) is 5. The molecule has 1 N–H and O–H groups in total. The summed E-state index contributed by atoms with van der Waals surface area (Å²) in [7, 11) is 0. The number of carboxylic acid groups (broad SMARTS) is 1. The molecule has 1 unspecified atom stereocenters. The Bertz CT molecular complexity index is 962. The summed E-state index contributed by atoms with van der Waals surface area (Å²) in [5.74, 6) is -0.428. The van der Waals surface area contributed by atoms with E-state index < -0.39 is 11.9 Å². The molecule has 6 nitrogen and oxygen atoms in total. The van der Waals surface area contributed by atoms with E-state index in [9.17, 15) is 9.59 Å². The quantitative estimate of drug-likeness (QED) is 0.551. The fourth-order valence-corrected chi connectivity index (χ4v) is 2.99. The summed E-state index contributed by atoms with van der Waals surface area (Å²) in [4.78, 5) is 27.1. The van der Waals surface area contributed by atoms with Crippen LogP contribution in [0.1, 0.15) is 23.9 Å². The number of carbonyl (C=O) groups excluding carboxylic acids is 1. The van der Waals surface area contributed by atoms with E-state index in [-0.39, 0.29) is 12.2 Å². The molecule has 0 aliphatic rings. The number of aryl methyl sites for hydroxylation is 1. The van der Waals surface area contributed by atoms with Crippen molar-refractivity contribution in [2.24, 2.45) is 5.92 Å². The van der Waals surface area contributed by atoms with E-state index in [1.807, 2.05) is 37.3 Å². The van der Waals surface area contributed by atoms with Gasteiger partial charge in [-0.05, 0) is 50.1 Å². The second-order valence-electron chi connectivity index (χ2n) is 6.84. The van der Waals surface area contributed by atoms with Crippen LogP contribution in [-0.4, -0.2) is 28.4 Å². The van der Waals surface area contributed by atoms with E-state index in [2.05, 4.69) is 4.98 Å². The first-order chi connectivity index (χ1) is 13.9. The van der Waals surface area contributed by atoms with Crippen LogP contribution in [0, 0.1) is 12.8 Å². The van der Waals surface area contributed by atoms with Crippen molar-refractivity contribution >= 4 is 11.8 Å². The lowest BCUT2D eigenvalue weighted by Crippen LogP contribution is -2.23. The van der Waals surface area contributed by atoms with Crippen LogP contribution in [0.25, 0.3) is 11.5 Å². The van der Waals surface area contributed by atoms with Gasteiger partial charge in [-0.25, -0.2) is 4.98 Å². The predicted molar refractivity (Wildman–Crippen MR) is 108 cm³/mol. The highest BCUT2D eigenvalue weighted by molar-refractivity contribution is 5.97. The molecule has 0 saturated carbocycles. The second kappa shape index (κ2) is 9.19. The van der Waals surface area contributed by atoms with Crippen molar-refractivity contribution in [3.05, 3.63) is 71.6 Å². The molecule has 3 aromatic rings. The summed E-state index contributed by atoms with van der Waals surface area (Å²) in [6.07, 6.45) is 0.778. The van der Waals surface area contributed by atoms with E-state index in [0.29, 0.717) is 24.7 Å². The Kier molecular flexibility index (Phi) is 6.44. The van der Waals surface area contributed by atoms with Gasteiger partial charge in [0.2, 0.25) is 5.89 Å². The highest BCUT2D eigenvalue weighted by Crippen LogP contribution is 2.22. The number of aromatic nitrogens is 1. The minimum atomic E-state index is -1.10. The first kappa shape index (κ1) is 20.3. The Morgan fingerprint density at radius 2 is 1.79 bits per heavy atom. The van der Waals surface area contributed by atoms with Crippen molar-refractivity contribution in [3.63, 3.8) is 0 Å². The fourth-order valence-electron chi connectivity index (χ4n) is 2.99. The molecule has 0 saturated heterocycles. The van der Waals surface area contributed by atoms with Crippen LogP contribution < -0.4 is 4.74 Å². The van der Waals surface area contributed by atoms with Crippen LogP contribution in [0.5, 0.6) is 5.75 Å². The van der Waals surface area contributed by atoms with Crippen LogP contribution in [0.15, 0.2) is 59.0 Å². The molecular weight excluding hydrogens is 370 g/mol. The molecule has 2 aromatic carbocycles. The number of Topliss-reactive ketones (excluding diaryl/α,β-unsaturated/α-hetero) is 1. The Morgan fingerprint density at radius 1 is 1.10 bits per heavy atom. The fraction of sp³-hybridized carbons (Fsp3) is 0.261. The minimum Gasteiger partial charge on any atom is -0.493 e. The number of ether oxygens (including phenoxy) is 1. The van der Waals surface area contributed by atoms with E-state index >= 15 is 0 Å². The summed E-state index contributed by atoms with van der Waals surface area (Å²) in [5, 5.41) is 9.12. The molecule has 1 atom stereocenters. The van der Waals surface area contributed by atoms with Gasteiger partial charge in [0.25, 0.3) is 0 Å². The molecule has 0 bridgehead atoms. The summed E-state index contributed by atoms with van der Waals surface area (Å²) in [6.45, 7) is 3.62. The molecule has 3 rings (SSSR count). The number of hydrogen-bond donors (Lipinski definition) is 1. The zero-order chi connectivity index (χ0) is 20.8. The lowest BCUT2D eigenvalue weighted by atomic mass is 9.96. The molecule has 0 amide bonds. The number of aliphatic carboxylic acids is 1. The number of benzene rings is 2. The maximum atomic E-state index is 11.4. The van der Waals surface area contributed by atoms with Crippen LogP contribution in [0.2, 0.25) is 0 Å². The number of carboxylic acids is 1. The van der Waals surface area contributed by atoms with Gasteiger partial charge < -0.3 is 14.3 Å². The Morgan fingerprint density at radius 3 is 2.41 bits per heavy atom. The lowest BCUT2D eigenvalue weighted by molar-refractivity contribution is -0.145. The lowest BCUT2D eigenvalue weighted by Gasteiger charge is -2.10. The normalized spacial score (nSPS) is 11.8. The van der Waals surface area contributed by atoms with E-state index in [0.717, 1.165) is 22.6 Å². The molecule has 0 spiro atoms. The zero-order valence-corrected chi connectivity index (χ0v) is 16.4.